The molecule has 91 heavy (non-hydrogen) atoms. The van der Waals surface area contributed by atoms with Gasteiger partial charge < -0.3 is 22.8 Å². The Hall–Kier alpha value is -7.34. The van der Waals surface area contributed by atoms with E-state index in [9.17, 15) is 8.42 Å². The quantitative estimate of drug-likeness (QED) is 0.101. The highest BCUT2D eigenvalue weighted by Gasteiger charge is 2.23. The molecule has 30 heteroatoms. The monoisotopic (exact) mass is 1360 g/mol. The van der Waals surface area contributed by atoms with Gasteiger partial charge in [-0.3, -0.25) is 14.0 Å². The summed E-state index contributed by atoms with van der Waals surface area (Å²) in [7, 11) is 6.16. The fourth-order valence-corrected chi connectivity index (χ4v) is 13.1. The van der Waals surface area contributed by atoms with Crippen LogP contribution in [0.1, 0.15) is 62.3 Å². The predicted octanol–water partition coefficient (Wildman–Crippen LogP) is 13.3. The van der Waals surface area contributed by atoms with Crippen molar-refractivity contribution in [2.24, 2.45) is 35.2 Å². The Morgan fingerprint density at radius 2 is 0.725 bits per heavy atom. The van der Waals surface area contributed by atoms with Gasteiger partial charge in [0, 0.05) is 88.9 Å². The Morgan fingerprint density at radius 1 is 0.407 bits per heavy atom. The molecular weight excluding hydrogens is 1290 g/mol. The van der Waals surface area contributed by atoms with Crippen LogP contribution in [0.4, 0.5) is 0 Å². The van der Waals surface area contributed by atoms with Gasteiger partial charge >= 0.3 is 0 Å². The number of nitrogens with zero attached hydrogens (tertiary/aromatic N) is 21. The van der Waals surface area contributed by atoms with Crippen molar-refractivity contribution in [1.29, 1.82) is 0 Å². The molecule has 0 aliphatic carbocycles. The van der Waals surface area contributed by atoms with Gasteiger partial charge in [0.05, 0.1) is 112 Å². The van der Waals surface area contributed by atoms with Crippen LogP contribution in [0.25, 0.3) is 88.9 Å². The number of fused-ring (bicyclic) bond motifs is 5. The van der Waals surface area contributed by atoms with Crippen molar-refractivity contribution in [3.05, 3.63) is 109 Å². The van der Waals surface area contributed by atoms with Gasteiger partial charge in [-0.25, -0.2) is 58.3 Å². The van der Waals surface area contributed by atoms with E-state index in [4.69, 9.17) is 33.2 Å². The van der Waals surface area contributed by atoms with Gasteiger partial charge in [-0.1, -0.05) is 23.2 Å². The molecule has 13 aromatic rings. The van der Waals surface area contributed by atoms with E-state index in [1.807, 2.05) is 168 Å². The van der Waals surface area contributed by atoms with Crippen LogP contribution in [0, 0.1) is 0 Å². The lowest BCUT2D eigenvalue weighted by atomic mass is 10.1. The molecule has 0 saturated heterocycles. The standard InChI is InChI=1S/C15H19N5O2S.2C15H19N5S.2C8H8ClN3S/c1-15(2,3)20-8-10(7-17-20)11-6-12-13(19(4)9-16-12)14(18-11)23(5,21)22;2*1-15(2,3)20-8-10(7-17-20)11-6-12-13(14(18-11)21-5)19(4)9-16-12;1-12-4-10-7-5(12)3-6(9)11-8(7)13-2;1-12-4-10-5-3-6(9)11-8(13-2)7(5)12/h6-9H,1-5H3;2*6-9H,1-5H3;2*3-4H,1-2H3. The van der Waals surface area contributed by atoms with Gasteiger partial charge in [0.25, 0.3) is 0 Å². The Labute approximate surface area is 555 Å². The number of rotatable bonds is 8. The van der Waals surface area contributed by atoms with Crippen LogP contribution < -0.4 is 0 Å². The molecule has 0 aromatic carbocycles. The van der Waals surface area contributed by atoms with E-state index >= 15 is 0 Å². The van der Waals surface area contributed by atoms with E-state index in [0.29, 0.717) is 27.0 Å². The lowest BCUT2D eigenvalue weighted by Gasteiger charge is -2.18. The molecule has 0 bridgehead atoms. The van der Waals surface area contributed by atoms with Crippen molar-refractivity contribution >= 4 is 135 Å². The minimum atomic E-state index is -3.47. The van der Waals surface area contributed by atoms with Gasteiger partial charge in [-0.05, 0) is 106 Å². The first kappa shape index (κ1) is 68.0. The normalized spacial score (nSPS) is 12.1. The largest absolute Gasteiger partial charge is 0.334 e. The van der Waals surface area contributed by atoms with Crippen LogP contribution in [0.3, 0.4) is 0 Å². The van der Waals surface area contributed by atoms with Crippen molar-refractivity contribution in [1.82, 2.24) is 102 Å². The number of aryl methyl sites for hydroxylation is 5. The molecule has 0 fully saturated rings. The first-order valence-corrected chi connectivity index (χ1v) is 35.8. The Balaban J connectivity index is 0.000000137. The Morgan fingerprint density at radius 3 is 1.09 bits per heavy atom. The van der Waals surface area contributed by atoms with Gasteiger partial charge in [-0.2, -0.15) is 15.3 Å². The van der Waals surface area contributed by atoms with Crippen LogP contribution in [-0.2, 0) is 61.7 Å². The average Bonchev–Trinajstić information content (AvgIpc) is 1.72. The summed E-state index contributed by atoms with van der Waals surface area (Å²) in [6.07, 6.45) is 29.3. The van der Waals surface area contributed by atoms with Crippen molar-refractivity contribution in [3.8, 4) is 33.8 Å². The maximum absolute atomic E-state index is 12.1. The molecular formula is C61H73Cl2N21O2S5. The van der Waals surface area contributed by atoms with Crippen LogP contribution in [-0.4, -0.2) is 142 Å². The number of imidazole rings is 5. The van der Waals surface area contributed by atoms with Crippen LogP contribution >= 0.6 is 70.2 Å². The van der Waals surface area contributed by atoms with E-state index in [2.05, 4.69) is 96.7 Å². The summed E-state index contributed by atoms with van der Waals surface area (Å²) >= 11 is 18.1. The molecule has 0 aliphatic rings. The second-order valence-corrected chi connectivity index (χ2v) is 30.1. The molecule has 0 spiro atoms. The summed E-state index contributed by atoms with van der Waals surface area (Å²) in [5.41, 5.74) is 14.0. The van der Waals surface area contributed by atoms with Gasteiger partial charge in [0.1, 0.15) is 58.0 Å². The van der Waals surface area contributed by atoms with E-state index in [1.54, 1.807) is 96.0 Å². The van der Waals surface area contributed by atoms with Crippen molar-refractivity contribution in [3.63, 3.8) is 0 Å². The maximum atomic E-state index is 12.1. The number of halogens is 2. The van der Waals surface area contributed by atoms with Crippen LogP contribution in [0.15, 0.2) is 124 Å². The van der Waals surface area contributed by atoms with Gasteiger partial charge in [-0.15, -0.1) is 47.0 Å². The average molecular weight is 1360 g/mol. The number of pyridine rings is 5. The Bertz CT molecular complexity index is 4740. The first-order valence-electron chi connectivity index (χ1n) is 28.3. The summed E-state index contributed by atoms with van der Waals surface area (Å²) < 4.78 is 39.6. The second-order valence-electron chi connectivity index (χ2n) is 24.2. The lowest BCUT2D eigenvalue weighted by molar-refractivity contribution is 0.355. The molecule has 13 rings (SSSR count). The lowest BCUT2D eigenvalue weighted by Crippen LogP contribution is -2.21. The number of hydrogen-bond donors (Lipinski definition) is 0. The molecule has 0 N–H and O–H groups in total. The molecule has 0 aliphatic heterocycles. The van der Waals surface area contributed by atoms with Crippen molar-refractivity contribution < 1.29 is 8.42 Å². The third-order valence-corrected chi connectivity index (χ3v) is 18.2. The molecule has 0 radical (unpaired) electrons. The molecule has 0 amide bonds. The molecule has 478 valence electrons. The molecule has 0 saturated carbocycles. The number of hydrogen-bond acceptors (Lipinski definition) is 19. The van der Waals surface area contributed by atoms with Gasteiger partial charge in [0.2, 0.25) is 0 Å². The topological polar surface area (TPSA) is 241 Å². The second kappa shape index (κ2) is 27.1. The Kier molecular flexibility index (Phi) is 20.2. The van der Waals surface area contributed by atoms with Crippen molar-refractivity contribution in [2.75, 3.05) is 31.3 Å². The fraction of sp³-hybridized carbons (Fsp3) is 0.361. The highest BCUT2D eigenvalue weighted by Crippen LogP contribution is 2.33. The van der Waals surface area contributed by atoms with E-state index in [-0.39, 0.29) is 21.6 Å². The molecule has 13 heterocycles. The molecule has 23 nitrogen and oxygen atoms in total. The number of aromatic nitrogens is 21. The van der Waals surface area contributed by atoms with Gasteiger partial charge in [0.15, 0.2) is 14.9 Å². The summed E-state index contributed by atoms with van der Waals surface area (Å²) in [6.45, 7) is 18.9. The van der Waals surface area contributed by atoms with Crippen LogP contribution in [0.5, 0.6) is 0 Å². The zero-order valence-corrected chi connectivity index (χ0v) is 59.8. The maximum Gasteiger partial charge on any atom is 0.194 e. The fourth-order valence-electron chi connectivity index (χ4n) is 9.33. The zero-order chi connectivity index (χ0) is 66.2. The SMILES string of the molecule is CSc1nc(-c2cnn(C(C)(C)C)c2)cc2ncn(C)c12.CSc1nc(-c2cnn(C(C)(C)C)c2)cc2ncn(C)c12.CSc1nc(Cl)cc2c1ncn2C.CSc1nc(Cl)cc2ncn(C)c12.Cn1cnc2cc(-c3cnn(C(C)(C)C)c3)nc(S(C)(=O)=O)c21. The highest BCUT2D eigenvalue weighted by atomic mass is 35.5. The minimum absolute atomic E-state index is 0.0321. The zero-order valence-electron chi connectivity index (χ0n) is 54.2. The summed E-state index contributed by atoms with van der Waals surface area (Å²) in [6, 6.07) is 9.44. The smallest absolute Gasteiger partial charge is 0.194 e. The van der Waals surface area contributed by atoms with E-state index in [0.717, 1.165) is 98.6 Å². The molecule has 0 atom stereocenters. The third-order valence-electron chi connectivity index (χ3n) is 14.1. The minimum Gasteiger partial charge on any atom is -0.334 e. The molecule has 13 aromatic heterocycles. The first-order chi connectivity index (χ1) is 42.8. The summed E-state index contributed by atoms with van der Waals surface area (Å²) in [4.78, 5) is 43.9. The summed E-state index contributed by atoms with van der Waals surface area (Å²) in [5, 5.41) is 18.1. The van der Waals surface area contributed by atoms with Crippen LogP contribution in [0.2, 0.25) is 10.3 Å². The highest BCUT2D eigenvalue weighted by molar-refractivity contribution is 7.99. The molecule has 0 unspecified atom stereocenters. The summed E-state index contributed by atoms with van der Waals surface area (Å²) in [5.74, 6) is 0. The number of thioether (sulfide) groups is 4. The van der Waals surface area contributed by atoms with Crippen molar-refractivity contribution in [2.45, 2.75) is 104 Å². The van der Waals surface area contributed by atoms with E-state index < -0.39 is 9.84 Å². The van der Waals surface area contributed by atoms with E-state index in [1.165, 1.54) is 0 Å². The number of sulfone groups is 1. The predicted molar refractivity (Wildman–Crippen MR) is 371 cm³/mol. The third kappa shape index (κ3) is 15.1.